The number of rotatable bonds is 9. The monoisotopic (exact) mass is 448 g/mol. The van der Waals surface area contributed by atoms with E-state index >= 15 is 0 Å². The number of hydrogen-bond acceptors (Lipinski definition) is 8. The highest BCUT2D eigenvalue weighted by Gasteiger charge is 2.30. The van der Waals surface area contributed by atoms with E-state index in [1.54, 1.807) is 0 Å². The van der Waals surface area contributed by atoms with Gasteiger partial charge in [0.25, 0.3) is 11.8 Å². The number of phenols is 6. The molecule has 10 nitrogen and oxygen atoms in total. The third-order valence-corrected chi connectivity index (χ3v) is 4.88. The maximum Gasteiger partial charge on any atom is 0.252 e. The molecule has 0 aliphatic rings. The van der Waals surface area contributed by atoms with Gasteiger partial charge in [0.05, 0.1) is 11.1 Å². The predicted octanol–water partition coefficient (Wildman–Crippen LogP) is 2.65. The minimum absolute atomic E-state index is 0.272. The molecule has 0 atom stereocenters. The van der Waals surface area contributed by atoms with Gasteiger partial charge in [0.15, 0.2) is 23.0 Å². The van der Waals surface area contributed by atoms with E-state index in [1.807, 2.05) is 13.8 Å². The van der Waals surface area contributed by atoms with Gasteiger partial charge in [-0.05, 0) is 25.0 Å². The summed E-state index contributed by atoms with van der Waals surface area (Å²) in [7, 11) is 0. The van der Waals surface area contributed by atoms with Gasteiger partial charge in [-0.3, -0.25) is 9.59 Å². The van der Waals surface area contributed by atoms with E-state index in [1.165, 1.54) is 0 Å². The average Bonchev–Trinajstić information content (AvgIpc) is 2.76. The van der Waals surface area contributed by atoms with Crippen LogP contribution in [0.15, 0.2) is 12.1 Å². The summed E-state index contributed by atoms with van der Waals surface area (Å²) in [6.45, 7) is 4.37. The van der Waals surface area contributed by atoms with Gasteiger partial charge in [-0.1, -0.05) is 26.7 Å². The van der Waals surface area contributed by atoms with Crippen LogP contribution in [-0.2, 0) is 0 Å². The van der Waals surface area contributed by atoms with E-state index in [-0.39, 0.29) is 24.2 Å². The largest absolute Gasteiger partial charge is 0.504 e. The molecular formula is C22H28N2O8. The van der Waals surface area contributed by atoms with Crippen molar-refractivity contribution in [2.24, 2.45) is 0 Å². The number of hydrogen-bond donors (Lipinski definition) is 8. The highest BCUT2D eigenvalue weighted by Crippen LogP contribution is 2.52. The molecule has 0 aliphatic heterocycles. The highest BCUT2D eigenvalue weighted by molar-refractivity contribution is 6.10. The molecule has 0 saturated heterocycles. The fourth-order valence-electron chi connectivity index (χ4n) is 3.10. The molecule has 0 heterocycles. The fourth-order valence-corrected chi connectivity index (χ4v) is 3.10. The molecule has 0 aromatic heterocycles. The molecule has 0 fully saturated rings. The predicted molar refractivity (Wildman–Crippen MR) is 116 cm³/mol. The number of benzene rings is 2. The van der Waals surface area contributed by atoms with Crippen LogP contribution >= 0.6 is 0 Å². The Labute approximate surface area is 184 Å². The SMILES string of the molecule is CCCCNC(=O)c1cc(O)c(O)c(O)c1-c1c(C(=O)NCCCC)cc(O)c(O)c1O. The maximum atomic E-state index is 12.8. The molecule has 0 spiro atoms. The first-order chi connectivity index (χ1) is 15.1. The molecule has 2 amide bonds. The van der Waals surface area contributed by atoms with Crippen molar-refractivity contribution in [2.75, 3.05) is 13.1 Å². The second-order valence-electron chi connectivity index (χ2n) is 7.25. The summed E-state index contributed by atoms with van der Waals surface area (Å²) in [4.78, 5) is 25.6. The molecule has 2 aromatic carbocycles. The first kappa shape index (κ1) is 24.4. The van der Waals surface area contributed by atoms with Crippen molar-refractivity contribution < 1.29 is 40.2 Å². The fraction of sp³-hybridized carbons (Fsp3) is 0.364. The Balaban J connectivity index is 2.78. The minimum Gasteiger partial charge on any atom is -0.504 e. The summed E-state index contributed by atoms with van der Waals surface area (Å²) in [5.74, 6) is -7.09. The number of carbonyl (C=O) groups excluding carboxylic acids is 2. The van der Waals surface area contributed by atoms with Crippen LogP contribution in [0.25, 0.3) is 11.1 Å². The van der Waals surface area contributed by atoms with E-state index in [2.05, 4.69) is 10.6 Å². The zero-order valence-electron chi connectivity index (χ0n) is 17.9. The molecule has 0 saturated carbocycles. The van der Waals surface area contributed by atoms with Crippen molar-refractivity contribution in [1.82, 2.24) is 10.6 Å². The summed E-state index contributed by atoms with van der Waals surface area (Å²) >= 11 is 0. The molecular weight excluding hydrogens is 420 g/mol. The summed E-state index contributed by atoms with van der Waals surface area (Å²) in [5, 5.41) is 66.3. The van der Waals surface area contributed by atoms with Crippen molar-refractivity contribution in [3.8, 4) is 45.6 Å². The van der Waals surface area contributed by atoms with Gasteiger partial charge in [0.1, 0.15) is 0 Å². The third-order valence-electron chi connectivity index (χ3n) is 4.88. The quantitative estimate of drug-likeness (QED) is 0.213. The van der Waals surface area contributed by atoms with E-state index in [0.717, 1.165) is 25.0 Å². The third kappa shape index (κ3) is 4.90. The number of unbranched alkanes of at least 4 members (excludes halogenated alkanes) is 2. The number of aromatic hydroxyl groups is 6. The lowest BCUT2D eigenvalue weighted by molar-refractivity contribution is 0.0943. The standard InChI is InChI=1S/C22H28N2O8/c1-3-5-7-23-21(31)11-9-13(25)17(27)19(29)15(11)16-12(22(32)24-8-6-4-2)10-14(26)18(28)20(16)30/h9-10,25-30H,3-8H2,1-2H3,(H,23,31)(H,24,32). The van der Waals surface area contributed by atoms with Crippen molar-refractivity contribution in [2.45, 2.75) is 39.5 Å². The van der Waals surface area contributed by atoms with Gasteiger partial charge in [-0.15, -0.1) is 0 Å². The molecule has 2 rings (SSSR count). The topological polar surface area (TPSA) is 180 Å². The van der Waals surface area contributed by atoms with Gasteiger partial charge < -0.3 is 41.3 Å². The second-order valence-corrected chi connectivity index (χ2v) is 7.25. The van der Waals surface area contributed by atoms with Gasteiger partial charge in [0, 0.05) is 24.2 Å². The second kappa shape index (κ2) is 10.5. The molecule has 8 N–H and O–H groups in total. The number of nitrogens with one attached hydrogen (secondary N) is 2. The normalized spacial score (nSPS) is 10.7. The van der Waals surface area contributed by atoms with Crippen molar-refractivity contribution in [3.63, 3.8) is 0 Å². The average molecular weight is 448 g/mol. The molecule has 174 valence electrons. The van der Waals surface area contributed by atoms with Crippen LogP contribution in [-0.4, -0.2) is 55.5 Å². The summed E-state index contributed by atoms with van der Waals surface area (Å²) in [5.41, 5.74) is -1.72. The lowest BCUT2D eigenvalue weighted by Crippen LogP contribution is -2.26. The van der Waals surface area contributed by atoms with E-state index in [4.69, 9.17) is 0 Å². The number of carbonyl (C=O) groups is 2. The molecule has 32 heavy (non-hydrogen) atoms. The number of phenolic OH excluding ortho intramolecular Hbond substituents is 6. The van der Waals surface area contributed by atoms with Crippen LogP contribution in [0.3, 0.4) is 0 Å². The highest BCUT2D eigenvalue weighted by atomic mass is 16.3. The Kier molecular flexibility index (Phi) is 8.00. The Morgan fingerprint density at radius 3 is 1.31 bits per heavy atom. The smallest absolute Gasteiger partial charge is 0.252 e. The van der Waals surface area contributed by atoms with Crippen LogP contribution < -0.4 is 10.6 Å². The Morgan fingerprint density at radius 1 is 0.656 bits per heavy atom. The minimum atomic E-state index is -0.992. The molecule has 10 heteroatoms. The van der Waals surface area contributed by atoms with Crippen LogP contribution in [0.4, 0.5) is 0 Å². The maximum absolute atomic E-state index is 12.8. The van der Waals surface area contributed by atoms with Crippen molar-refractivity contribution >= 4 is 11.8 Å². The van der Waals surface area contributed by atoms with Gasteiger partial charge >= 0.3 is 0 Å². The number of amides is 2. The Hall–Kier alpha value is -3.82. The van der Waals surface area contributed by atoms with Crippen LogP contribution in [0.5, 0.6) is 34.5 Å². The van der Waals surface area contributed by atoms with E-state index in [0.29, 0.717) is 12.8 Å². The lowest BCUT2D eigenvalue weighted by Gasteiger charge is -2.19. The van der Waals surface area contributed by atoms with E-state index in [9.17, 15) is 40.2 Å². The summed E-state index contributed by atoms with van der Waals surface area (Å²) in [6, 6.07) is 1.74. The van der Waals surface area contributed by atoms with Gasteiger partial charge in [-0.25, -0.2) is 0 Å². The zero-order chi connectivity index (χ0) is 24.0. The lowest BCUT2D eigenvalue weighted by atomic mass is 9.91. The summed E-state index contributed by atoms with van der Waals surface area (Å²) in [6.07, 6.45) is 2.86. The molecule has 0 unspecified atom stereocenters. The van der Waals surface area contributed by atoms with E-state index < -0.39 is 57.4 Å². The Morgan fingerprint density at radius 2 is 1.00 bits per heavy atom. The molecule has 2 aromatic rings. The zero-order valence-corrected chi connectivity index (χ0v) is 17.9. The van der Waals surface area contributed by atoms with Crippen LogP contribution in [0.2, 0.25) is 0 Å². The van der Waals surface area contributed by atoms with Gasteiger partial charge in [0.2, 0.25) is 11.5 Å². The first-order valence-electron chi connectivity index (χ1n) is 10.3. The molecule has 0 radical (unpaired) electrons. The van der Waals surface area contributed by atoms with Crippen molar-refractivity contribution in [3.05, 3.63) is 23.3 Å². The Bertz CT molecular complexity index is 938. The van der Waals surface area contributed by atoms with Crippen LogP contribution in [0, 0.1) is 0 Å². The molecule has 0 aliphatic carbocycles. The summed E-state index contributed by atoms with van der Waals surface area (Å²) < 4.78 is 0. The van der Waals surface area contributed by atoms with Gasteiger partial charge in [-0.2, -0.15) is 0 Å². The van der Waals surface area contributed by atoms with Crippen LogP contribution in [0.1, 0.15) is 60.2 Å². The first-order valence-corrected chi connectivity index (χ1v) is 10.3. The van der Waals surface area contributed by atoms with Crippen molar-refractivity contribution in [1.29, 1.82) is 0 Å². The molecule has 0 bridgehead atoms.